The molecule has 1 aromatic heterocycles. The molecule has 0 radical (unpaired) electrons. The first-order valence-corrected chi connectivity index (χ1v) is 6.41. The lowest BCUT2D eigenvalue weighted by molar-refractivity contribution is 0.144. The van der Waals surface area contributed by atoms with Crippen molar-refractivity contribution in [2.45, 2.75) is 32.1 Å². The van der Waals surface area contributed by atoms with Gasteiger partial charge in [0.15, 0.2) is 0 Å². The number of rotatable bonds is 2. The van der Waals surface area contributed by atoms with Crippen LogP contribution in [0, 0.1) is 0 Å². The van der Waals surface area contributed by atoms with Crippen LogP contribution in [0.25, 0.3) is 5.69 Å². The maximum absolute atomic E-state index is 13.1. The summed E-state index contributed by atoms with van der Waals surface area (Å²) in [6.07, 6.45) is 0.974. The molecular weight excluding hydrogens is 248 g/mol. The zero-order chi connectivity index (χ0) is 13.4. The van der Waals surface area contributed by atoms with Crippen LogP contribution in [0.2, 0.25) is 0 Å². The predicted molar refractivity (Wildman–Crippen MR) is 69.6 cm³/mol. The second-order valence-corrected chi connectivity index (χ2v) is 4.82. The second kappa shape index (κ2) is 4.64. The number of nitrogens with zero attached hydrogens (tertiary/aromatic N) is 2. The molecule has 0 unspecified atom stereocenters. The molecule has 0 aliphatic heterocycles. The van der Waals surface area contributed by atoms with Gasteiger partial charge in [0.05, 0.1) is 5.69 Å². The first-order chi connectivity index (χ1) is 9.16. The maximum Gasteiger partial charge on any atom is 0.282 e. The van der Waals surface area contributed by atoms with E-state index >= 15 is 0 Å². The Morgan fingerprint density at radius 1 is 1.11 bits per heavy atom. The Morgan fingerprint density at radius 2 is 1.79 bits per heavy atom. The normalized spacial score (nSPS) is 14.7. The lowest BCUT2D eigenvalue weighted by Gasteiger charge is -2.14. The molecule has 1 aromatic carbocycles. The van der Waals surface area contributed by atoms with Gasteiger partial charge in [-0.2, -0.15) is 5.10 Å². The van der Waals surface area contributed by atoms with E-state index in [1.807, 2.05) is 12.1 Å². The molecule has 19 heavy (non-hydrogen) atoms. The maximum atomic E-state index is 13.1. The van der Waals surface area contributed by atoms with Gasteiger partial charge in [0.2, 0.25) is 0 Å². The summed E-state index contributed by atoms with van der Waals surface area (Å²) >= 11 is 0. The Morgan fingerprint density at radius 3 is 2.47 bits per heavy atom. The van der Waals surface area contributed by atoms with Crippen molar-refractivity contribution in [3.63, 3.8) is 0 Å². The molecule has 0 amide bonds. The summed E-state index contributed by atoms with van der Waals surface area (Å²) in [5.41, 5.74) is 8.68. The fourth-order valence-electron chi connectivity index (χ4n) is 2.63. The van der Waals surface area contributed by atoms with E-state index in [0.29, 0.717) is 12.1 Å². The van der Waals surface area contributed by atoms with Gasteiger partial charge < -0.3 is 5.73 Å². The highest BCUT2D eigenvalue weighted by Crippen LogP contribution is 2.32. The molecule has 0 fully saturated rings. The standard InChI is InChI=1S/C14H15F2N3/c15-14(16)13-11-3-1-2-4-12(11)19(18-13)10-7-5-9(17)6-8-10/h5-8,14H,1-4,17H2. The van der Waals surface area contributed by atoms with Crippen molar-refractivity contribution >= 4 is 5.69 Å². The van der Waals surface area contributed by atoms with E-state index in [1.165, 1.54) is 0 Å². The Labute approximate surface area is 110 Å². The first kappa shape index (κ1) is 12.1. The summed E-state index contributed by atoms with van der Waals surface area (Å²) in [6.45, 7) is 0. The van der Waals surface area contributed by atoms with Crippen molar-refractivity contribution in [1.82, 2.24) is 9.78 Å². The van der Waals surface area contributed by atoms with E-state index < -0.39 is 6.43 Å². The molecule has 2 aromatic rings. The molecule has 0 saturated heterocycles. The topological polar surface area (TPSA) is 43.8 Å². The van der Waals surface area contributed by atoms with E-state index in [1.54, 1.807) is 16.8 Å². The highest BCUT2D eigenvalue weighted by Gasteiger charge is 2.26. The Kier molecular flexibility index (Phi) is 2.97. The monoisotopic (exact) mass is 263 g/mol. The van der Waals surface area contributed by atoms with Crippen LogP contribution in [0.3, 0.4) is 0 Å². The summed E-state index contributed by atoms with van der Waals surface area (Å²) in [5.74, 6) is 0. The highest BCUT2D eigenvalue weighted by molar-refractivity contribution is 5.46. The van der Waals surface area contributed by atoms with Crippen LogP contribution in [0.1, 0.15) is 36.2 Å². The largest absolute Gasteiger partial charge is 0.399 e. The van der Waals surface area contributed by atoms with Crippen LogP contribution in [0.15, 0.2) is 24.3 Å². The molecule has 0 saturated carbocycles. The van der Waals surface area contributed by atoms with E-state index in [-0.39, 0.29) is 5.69 Å². The van der Waals surface area contributed by atoms with Gasteiger partial charge in [-0.25, -0.2) is 13.5 Å². The molecule has 1 aliphatic rings. The fraction of sp³-hybridized carbons (Fsp3) is 0.357. The zero-order valence-electron chi connectivity index (χ0n) is 10.4. The van der Waals surface area contributed by atoms with Gasteiger partial charge >= 0.3 is 0 Å². The molecule has 3 rings (SSSR count). The lowest BCUT2D eigenvalue weighted by Crippen LogP contribution is -2.07. The van der Waals surface area contributed by atoms with E-state index in [0.717, 1.165) is 36.2 Å². The fourth-order valence-corrected chi connectivity index (χ4v) is 2.63. The Hall–Kier alpha value is -1.91. The lowest BCUT2D eigenvalue weighted by atomic mass is 9.95. The molecule has 100 valence electrons. The van der Waals surface area contributed by atoms with Gasteiger partial charge in [-0.05, 0) is 49.9 Å². The molecule has 0 spiro atoms. The number of halogens is 2. The van der Waals surface area contributed by atoms with E-state index in [9.17, 15) is 8.78 Å². The van der Waals surface area contributed by atoms with Crippen LogP contribution in [-0.4, -0.2) is 9.78 Å². The number of benzene rings is 1. The molecule has 2 N–H and O–H groups in total. The summed E-state index contributed by atoms with van der Waals surface area (Å²) in [7, 11) is 0. The minimum atomic E-state index is -2.51. The third kappa shape index (κ3) is 2.09. The molecule has 0 atom stereocenters. The number of nitrogen functional groups attached to an aromatic ring is 1. The van der Waals surface area contributed by atoms with Crippen molar-refractivity contribution in [3.8, 4) is 5.69 Å². The number of hydrogen-bond donors (Lipinski definition) is 1. The van der Waals surface area contributed by atoms with E-state index in [2.05, 4.69) is 5.10 Å². The van der Waals surface area contributed by atoms with Crippen molar-refractivity contribution in [1.29, 1.82) is 0 Å². The van der Waals surface area contributed by atoms with Crippen LogP contribution < -0.4 is 5.73 Å². The summed E-state index contributed by atoms with van der Waals surface area (Å²) in [4.78, 5) is 0. The predicted octanol–water partition coefficient (Wildman–Crippen LogP) is 3.27. The molecule has 1 aliphatic carbocycles. The van der Waals surface area contributed by atoms with Gasteiger partial charge in [0.1, 0.15) is 5.69 Å². The van der Waals surface area contributed by atoms with Crippen molar-refractivity contribution in [2.75, 3.05) is 5.73 Å². The first-order valence-electron chi connectivity index (χ1n) is 6.41. The van der Waals surface area contributed by atoms with E-state index in [4.69, 9.17) is 5.73 Å². The second-order valence-electron chi connectivity index (χ2n) is 4.82. The third-order valence-corrected chi connectivity index (χ3v) is 3.56. The van der Waals surface area contributed by atoms with Crippen LogP contribution in [-0.2, 0) is 12.8 Å². The van der Waals surface area contributed by atoms with Gasteiger partial charge in [-0.3, -0.25) is 0 Å². The smallest absolute Gasteiger partial charge is 0.282 e. The highest BCUT2D eigenvalue weighted by atomic mass is 19.3. The van der Waals surface area contributed by atoms with Crippen LogP contribution >= 0.6 is 0 Å². The molecule has 0 bridgehead atoms. The molecular formula is C14H15F2N3. The number of alkyl halides is 2. The van der Waals surface area contributed by atoms with Crippen LogP contribution in [0.4, 0.5) is 14.5 Å². The minimum absolute atomic E-state index is 0.0634. The number of aromatic nitrogens is 2. The number of nitrogens with two attached hydrogens (primary N) is 1. The number of hydrogen-bond acceptors (Lipinski definition) is 2. The van der Waals surface area contributed by atoms with Gasteiger partial charge in [0.25, 0.3) is 6.43 Å². The Balaban J connectivity index is 2.13. The quantitative estimate of drug-likeness (QED) is 0.845. The average molecular weight is 263 g/mol. The zero-order valence-corrected chi connectivity index (χ0v) is 10.4. The molecule has 5 heteroatoms. The van der Waals surface area contributed by atoms with Crippen molar-refractivity contribution in [2.24, 2.45) is 0 Å². The van der Waals surface area contributed by atoms with Gasteiger partial charge in [0, 0.05) is 16.9 Å². The Bertz CT molecular complexity index is 587. The number of anilines is 1. The number of fused-ring (bicyclic) bond motifs is 1. The minimum Gasteiger partial charge on any atom is -0.399 e. The molecule has 3 nitrogen and oxygen atoms in total. The third-order valence-electron chi connectivity index (χ3n) is 3.56. The van der Waals surface area contributed by atoms with Gasteiger partial charge in [-0.1, -0.05) is 0 Å². The SMILES string of the molecule is Nc1ccc(-n2nc(C(F)F)c3c2CCCC3)cc1. The summed E-state index contributed by atoms with van der Waals surface area (Å²) in [6, 6.07) is 7.14. The molecule has 1 heterocycles. The average Bonchev–Trinajstić information content (AvgIpc) is 2.79. The van der Waals surface area contributed by atoms with Crippen molar-refractivity contribution < 1.29 is 8.78 Å². The van der Waals surface area contributed by atoms with Crippen LogP contribution in [0.5, 0.6) is 0 Å². The van der Waals surface area contributed by atoms with Crippen molar-refractivity contribution in [3.05, 3.63) is 41.2 Å². The summed E-state index contributed by atoms with van der Waals surface area (Å²) in [5, 5.41) is 4.12. The summed E-state index contributed by atoms with van der Waals surface area (Å²) < 4.78 is 27.8. The van der Waals surface area contributed by atoms with Gasteiger partial charge in [-0.15, -0.1) is 0 Å².